The van der Waals surface area contributed by atoms with Crippen LogP contribution in [-0.4, -0.2) is 41.6 Å². The van der Waals surface area contributed by atoms with Gasteiger partial charge < -0.3 is 20.2 Å². The summed E-state index contributed by atoms with van der Waals surface area (Å²) in [7, 11) is -1.95. The van der Waals surface area contributed by atoms with Gasteiger partial charge in [0.15, 0.2) is 8.32 Å². The lowest BCUT2D eigenvalue weighted by Gasteiger charge is -2.41. The summed E-state index contributed by atoms with van der Waals surface area (Å²) >= 11 is 0. The predicted octanol–water partition coefficient (Wildman–Crippen LogP) is 5.49. The van der Waals surface area contributed by atoms with E-state index in [1.807, 2.05) is 65.2 Å². The Hall–Kier alpha value is -3.40. The molecule has 0 bridgehead atoms. The van der Waals surface area contributed by atoms with Crippen LogP contribution in [0.15, 0.2) is 71.7 Å². The lowest BCUT2D eigenvalue weighted by atomic mass is 10.0. The number of nitrogens with one attached hydrogen (secondary N) is 1. The number of pyridine rings is 1. The quantitative estimate of drug-likeness (QED) is 0.320. The van der Waals surface area contributed by atoms with Gasteiger partial charge in [0.05, 0.1) is 23.3 Å². The molecule has 3 heterocycles. The van der Waals surface area contributed by atoms with Crippen molar-refractivity contribution in [1.82, 2.24) is 19.4 Å². The van der Waals surface area contributed by atoms with Gasteiger partial charge in [-0.1, -0.05) is 39.0 Å². The molecule has 4 aromatic rings. The fourth-order valence-electron chi connectivity index (χ4n) is 4.83. The summed E-state index contributed by atoms with van der Waals surface area (Å²) in [5.41, 5.74) is 8.30. The second kappa shape index (κ2) is 10.1. The minimum Gasteiger partial charge on any atom is -0.457 e. The third-order valence-electron chi connectivity index (χ3n) is 7.81. The summed E-state index contributed by atoms with van der Waals surface area (Å²) in [5, 5.41) is 3.62. The zero-order valence-electron chi connectivity index (χ0n) is 22.8. The second-order valence-electron chi connectivity index (χ2n) is 11.5. The van der Waals surface area contributed by atoms with Crippen LogP contribution < -0.4 is 21.5 Å². The lowest BCUT2D eigenvalue weighted by Crippen LogP contribution is -2.50. The SMILES string of the molecule is CC(C)(C)[Si](C)(C)O[C@H]1CNCC(n2c(=O)n(-c3ccc(Oc4ccccc4)cc3)c3c(N)nccc32)C1. The minimum atomic E-state index is -1.95. The highest BCUT2D eigenvalue weighted by molar-refractivity contribution is 6.74. The number of hydrogen-bond donors (Lipinski definition) is 2. The maximum Gasteiger partial charge on any atom is 0.334 e. The maximum atomic E-state index is 14.0. The molecular weight excluding hydrogens is 494 g/mol. The molecule has 2 atom stereocenters. The first-order valence-electron chi connectivity index (χ1n) is 13.1. The van der Waals surface area contributed by atoms with E-state index in [0.29, 0.717) is 29.3 Å². The third-order valence-corrected chi connectivity index (χ3v) is 12.3. The summed E-state index contributed by atoms with van der Waals surface area (Å²) in [6.07, 6.45) is 2.45. The smallest absolute Gasteiger partial charge is 0.334 e. The van der Waals surface area contributed by atoms with E-state index in [0.717, 1.165) is 24.2 Å². The van der Waals surface area contributed by atoms with Crippen molar-refractivity contribution in [3.05, 3.63) is 77.3 Å². The zero-order chi connectivity index (χ0) is 27.1. The van der Waals surface area contributed by atoms with E-state index in [2.05, 4.69) is 44.2 Å². The van der Waals surface area contributed by atoms with Gasteiger partial charge in [0.2, 0.25) is 0 Å². The molecule has 2 aromatic carbocycles. The van der Waals surface area contributed by atoms with Gasteiger partial charge in [-0.2, -0.15) is 0 Å². The number of nitrogens with zero attached hydrogens (tertiary/aromatic N) is 3. The first-order valence-corrected chi connectivity index (χ1v) is 16.1. The normalized spacial score (nSPS) is 18.6. The molecule has 38 heavy (non-hydrogen) atoms. The number of imidazole rings is 1. The van der Waals surface area contributed by atoms with Crippen molar-refractivity contribution < 1.29 is 9.16 Å². The molecule has 0 saturated carbocycles. The Bertz CT molecular complexity index is 1470. The molecule has 0 spiro atoms. The standard InChI is InChI=1S/C29H37N5O3Si/c1-29(2,3)38(4,5)37-24-17-21(18-31-19-24)33-25-15-16-32-27(30)26(25)34(28(33)35)20-11-13-23(14-12-20)36-22-9-7-6-8-10-22/h6-16,21,24,31H,17-19H2,1-5H3,(H2,30,32)/t21?,24-/m1/s1. The molecule has 0 aliphatic carbocycles. The Labute approximate surface area is 224 Å². The number of aromatic nitrogens is 3. The molecule has 1 aliphatic rings. The van der Waals surface area contributed by atoms with E-state index in [4.69, 9.17) is 14.9 Å². The van der Waals surface area contributed by atoms with Crippen molar-refractivity contribution in [2.75, 3.05) is 18.8 Å². The van der Waals surface area contributed by atoms with Crippen LogP contribution in [0.3, 0.4) is 0 Å². The van der Waals surface area contributed by atoms with Gasteiger partial charge in [0.1, 0.15) is 22.8 Å². The van der Waals surface area contributed by atoms with Gasteiger partial charge in [0.25, 0.3) is 0 Å². The molecule has 2 aromatic heterocycles. The van der Waals surface area contributed by atoms with Crippen LogP contribution in [0.2, 0.25) is 18.1 Å². The molecule has 0 amide bonds. The Morgan fingerprint density at radius 1 is 1.00 bits per heavy atom. The second-order valence-corrected chi connectivity index (χ2v) is 16.3. The number of anilines is 1. The van der Waals surface area contributed by atoms with Crippen LogP contribution in [-0.2, 0) is 4.43 Å². The number of hydrogen-bond acceptors (Lipinski definition) is 6. The number of piperidine rings is 1. The molecule has 5 rings (SSSR count). The van der Waals surface area contributed by atoms with E-state index >= 15 is 0 Å². The summed E-state index contributed by atoms with van der Waals surface area (Å²) in [5.74, 6) is 1.76. The molecule has 8 nitrogen and oxygen atoms in total. The van der Waals surface area contributed by atoms with E-state index in [1.165, 1.54) is 0 Å². The molecule has 1 fully saturated rings. The van der Waals surface area contributed by atoms with Gasteiger partial charge >= 0.3 is 5.69 Å². The fourth-order valence-corrected chi connectivity index (χ4v) is 6.20. The summed E-state index contributed by atoms with van der Waals surface area (Å²) in [4.78, 5) is 18.3. The first kappa shape index (κ1) is 26.2. The highest BCUT2D eigenvalue weighted by Gasteiger charge is 2.40. The Balaban J connectivity index is 1.49. The zero-order valence-corrected chi connectivity index (χ0v) is 23.8. The van der Waals surface area contributed by atoms with Crippen LogP contribution in [0.4, 0.5) is 5.82 Å². The maximum absolute atomic E-state index is 14.0. The number of rotatable bonds is 6. The van der Waals surface area contributed by atoms with Gasteiger partial charge in [-0.25, -0.2) is 9.78 Å². The summed E-state index contributed by atoms with van der Waals surface area (Å²) in [6, 6.07) is 18.9. The van der Waals surface area contributed by atoms with Gasteiger partial charge in [-0.05, 0) is 67.0 Å². The van der Waals surface area contributed by atoms with E-state index in [-0.39, 0.29) is 22.9 Å². The molecule has 200 valence electrons. The number of para-hydroxylation sites is 1. The minimum absolute atomic E-state index is 0.0357. The molecule has 1 unspecified atom stereocenters. The average Bonchev–Trinajstić information content (AvgIpc) is 3.17. The Morgan fingerprint density at radius 3 is 2.37 bits per heavy atom. The molecule has 1 aliphatic heterocycles. The number of benzene rings is 2. The van der Waals surface area contributed by atoms with Crippen molar-refractivity contribution in [1.29, 1.82) is 0 Å². The summed E-state index contributed by atoms with van der Waals surface area (Å²) in [6.45, 7) is 12.7. The van der Waals surface area contributed by atoms with Crippen molar-refractivity contribution in [3.63, 3.8) is 0 Å². The lowest BCUT2D eigenvalue weighted by molar-refractivity contribution is 0.124. The summed E-state index contributed by atoms with van der Waals surface area (Å²) < 4.78 is 16.2. The number of nitrogen functional groups attached to an aromatic ring is 1. The first-order chi connectivity index (χ1) is 18.0. The van der Waals surface area contributed by atoms with Crippen molar-refractivity contribution in [2.24, 2.45) is 0 Å². The van der Waals surface area contributed by atoms with Gasteiger partial charge in [0, 0.05) is 19.3 Å². The van der Waals surface area contributed by atoms with Crippen molar-refractivity contribution >= 4 is 25.2 Å². The fraction of sp³-hybridized carbons (Fsp3) is 0.379. The van der Waals surface area contributed by atoms with Crippen LogP contribution in [0, 0.1) is 0 Å². The molecule has 1 saturated heterocycles. The number of fused-ring (bicyclic) bond motifs is 1. The Morgan fingerprint density at radius 2 is 1.68 bits per heavy atom. The van der Waals surface area contributed by atoms with E-state index < -0.39 is 8.32 Å². The molecule has 3 N–H and O–H groups in total. The van der Waals surface area contributed by atoms with Gasteiger partial charge in [-0.3, -0.25) is 9.13 Å². The van der Waals surface area contributed by atoms with Crippen molar-refractivity contribution in [2.45, 2.75) is 57.5 Å². The monoisotopic (exact) mass is 531 g/mol. The van der Waals surface area contributed by atoms with Crippen molar-refractivity contribution in [3.8, 4) is 17.2 Å². The number of ether oxygens (including phenoxy) is 1. The third kappa shape index (κ3) is 5.01. The largest absolute Gasteiger partial charge is 0.457 e. The predicted molar refractivity (Wildman–Crippen MR) is 155 cm³/mol. The van der Waals surface area contributed by atoms with E-state index in [9.17, 15) is 4.79 Å². The number of nitrogens with two attached hydrogens (primary N) is 1. The topological polar surface area (TPSA) is 96.3 Å². The van der Waals surface area contributed by atoms with Crippen LogP contribution in [0.1, 0.15) is 33.2 Å². The van der Waals surface area contributed by atoms with E-state index in [1.54, 1.807) is 10.8 Å². The highest BCUT2D eigenvalue weighted by Crippen LogP contribution is 2.38. The highest BCUT2D eigenvalue weighted by atomic mass is 28.4. The van der Waals surface area contributed by atoms with Gasteiger partial charge in [-0.15, -0.1) is 0 Å². The molecule has 9 heteroatoms. The van der Waals surface area contributed by atoms with Crippen LogP contribution in [0.5, 0.6) is 11.5 Å². The van der Waals surface area contributed by atoms with Crippen LogP contribution in [0.25, 0.3) is 16.7 Å². The Kier molecular flexibility index (Phi) is 6.93. The molecule has 0 radical (unpaired) electrons. The molecular formula is C29H37N5O3Si. The van der Waals surface area contributed by atoms with Crippen LogP contribution >= 0.6 is 0 Å². The average molecular weight is 532 g/mol.